The van der Waals surface area contributed by atoms with Gasteiger partial charge in [-0.05, 0) is 49.3 Å². The Morgan fingerprint density at radius 1 is 1.35 bits per heavy atom. The number of fused-ring (bicyclic) bond motifs is 1. The van der Waals surface area contributed by atoms with Crippen LogP contribution in [0.25, 0.3) is 16.0 Å². The highest BCUT2D eigenvalue weighted by atomic mass is 32.2. The monoisotopic (exact) mass is 535 g/mol. The van der Waals surface area contributed by atoms with Crippen molar-refractivity contribution >= 4 is 68.0 Å². The number of carbonyl (C=O) groups is 1. The second-order valence-electron chi connectivity index (χ2n) is 7.45. The summed E-state index contributed by atoms with van der Waals surface area (Å²) in [6.07, 6.45) is 3.53. The Bertz CT molecular complexity index is 1440. The van der Waals surface area contributed by atoms with Crippen LogP contribution in [0.4, 0.5) is 9.52 Å². The zero-order valence-corrected chi connectivity index (χ0v) is 20.9. The molecule has 0 spiro atoms. The number of carbonyl (C=O) groups excluding carboxylic acids is 1. The van der Waals surface area contributed by atoms with E-state index in [-0.39, 0.29) is 23.3 Å². The standard InChI is InChI=1S/C21H18FN5O3S4/c22-12-3-5-13(6-4-12)27-18(29)16-17(26(21(31)34-16)10-14-2-1-8-30-14)25-20(27)33-11-15(28)24-19-23-7-9-32-19/h3-7,9,14H,1-2,8,10-11H2,(H,23,24,28)/t14-/m0/s1. The van der Waals surface area contributed by atoms with E-state index in [4.69, 9.17) is 21.9 Å². The third kappa shape index (κ3) is 4.84. The van der Waals surface area contributed by atoms with Crippen molar-refractivity contribution in [2.24, 2.45) is 0 Å². The summed E-state index contributed by atoms with van der Waals surface area (Å²) >= 11 is 9.17. The SMILES string of the molecule is O=C(CSc1nc2c(sc(=S)n2C[C@@H]2CCCO2)c(=O)n1-c1ccc(F)cc1)Nc1nccs1. The van der Waals surface area contributed by atoms with Crippen LogP contribution < -0.4 is 10.9 Å². The van der Waals surface area contributed by atoms with Gasteiger partial charge in [0.1, 0.15) is 10.5 Å². The van der Waals surface area contributed by atoms with Crippen LogP contribution in [-0.4, -0.2) is 43.5 Å². The summed E-state index contributed by atoms with van der Waals surface area (Å²) in [4.78, 5) is 34.8. The number of halogens is 1. The van der Waals surface area contributed by atoms with Crippen LogP contribution in [0.15, 0.2) is 45.8 Å². The zero-order chi connectivity index (χ0) is 23.7. The minimum Gasteiger partial charge on any atom is -0.376 e. The first-order chi connectivity index (χ1) is 16.5. The van der Waals surface area contributed by atoms with Crippen molar-refractivity contribution in [2.75, 3.05) is 17.7 Å². The molecule has 0 radical (unpaired) electrons. The second-order valence-corrected chi connectivity index (χ2v) is 10.9. The molecule has 3 aromatic heterocycles. The summed E-state index contributed by atoms with van der Waals surface area (Å²) in [5.41, 5.74) is 0.604. The van der Waals surface area contributed by atoms with E-state index < -0.39 is 5.82 Å². The molecule has 1 atom stereocenters. The van der Waals surface area contributed by atoms with E-state index in [1.165, 1.54) is 51.5 Å². The molecule has 1 aliphatic rings. The van der Waals surface area contributed by atoms with Crippen LogP contribution in [0.1, 0.15) is 12.8 Å². The number of benzene rings is 1. The van der Waals surface area contributed by atoms with Gasteiger partial charge >= 0.3 is 0 Å². The Labute approximate surface area is 210 Å². The summed E-state index contributed by atoms with van der Waals surface area (Å²) in [5, 5.41) is 5.29. The molecular weight excluding hydrogens is 518 g/mol. The highest BCUT2D eigenvalue weighted by Gasteiger charge is 2.22. The van der Waals surface area contributed by atoms with E-state index in [0.29, 0.717) is 43.4 Å². The number of anilines is 1. The van der Waals surface area contributed by atoms with Gasteiger partial charge in [0.15, 0.2) is 19.9 Å². The number of aromatic nitrogens is 4. The fourth-order valence-electron chi connectivity index (χ4n) is 3.61. The minimum atomic E-state index is -0.416. The first-order valence-electron chi connectivity index (χ1n) is 10.4. The van der Waals surface area contributed by atoms with Crippen LogP contribution in [0.3, 0.4) is 0 Å². The Hall–Kier alpha value is -2.45. The van der Waals surface area contributed by atoms with Crippen molar-refractivity contribution in [2.45, 2.75) is 30.6 Å². The van der Waals surface area contributed by atoms with Crippen LogP contribution in [-0.2, 0) is 16.1 Å². The van der Waals surface area contributed by atoms with Gasteiger partial charge in [-0.15, -0.1) is 11.3 Å². The van der Waals surface area contributed by atoms with E-state index in [9.17, 15) is 14.0 Å². The molecule has 1 fully saturated rings. The number of thioether (sulfide) groups is 1. The molecule has 0 saturated carbocycles. The first kappa shape index (κ1) is 23.3. The number of rotatable bonds is 7. The lowest BCUT2D eigenvalue weighted by Crippen LogP contribution is -2.23. The molecule has 1 aromatic carbocycles. The zero-order valence-electron chi connectivity index (χ0n) is 17.6. The molecule has 4 aromatic rings. The predicted octanol–water partition coefficient (Wildman–Crippen LogP) is 4.48. The molecule has 0 unspecified atom stereocenters. The van der Waals surface area contributed by atoms with Gasteiger partial charge in [0.05, 0.1) is 24.1 Å². The number of hydrogen-bond acceptors (Lipinski definition) is 9. The molecule has 0 aliphatic carbocycles. The summed E-state index contributed by atoms with van der Waals surface area (Å²) in [6, 6.07) is 5.57. The average Bonchev–Trinajstić information content (AvgIpc) is 3.58. The predicted molar refractivity (Wildman–Crippen MR) is 134 cm³/mol. The lowest BCUT2D eigenvalue weighted by molar-refractivity contribution is -0.113. The van der Waals surface area contributed by atoms with Gasteiger partial charge < -0.3 is 14.6 Å². The molecule has 1 amide bonds. The summed E-state index contributed by atoms with van der Waals surface area (Å²) < 4.78 is 23.5. The molecule has 5 rings (SSSR count). The van der Waals surface area contributed by atoms with Crippen molar-refractivity contribution in [3.63, 3.8) is 0 Å². The summed E-state index contributed by atoms with van der Waals surface area (Å²) in [5.74, 6) is -0.683. The molecule has 1 saturated heterocycles. The van der Waals surface area contributed by atoms with Crippen LogP contribution in [0.5, 0.6) is 0 Å². The largest absolute Gasteiger partial charge is 0.376 e. The lowest BCUT2D eigenvalue weighted by atomic mass is 10.2. The Kier molecular flexibility index (Phi) is 6.88. The Morgan fingerprint density at radius 3 is 2.88 bits per heavy atom. The number of hydrogen-bond donors (Lipinski definition) is 1. The normalized spacial score (nSPS) is 15.7. The molecule has 1 N–H and O–H groups in total. The maximum Gasteiger partial charge on any atom is 0.278 e. The van der Waals surface area contributed by atoms with Crippen LogP contribution in [0, 0.1) is 9.77 Å². The molecule has 8 nitrogen and oxygen atoms in total. The molecule has 4 heterocycles. The number of thiazole rings is 2. The molecular formula is C21H18FN5O3S4. The fourth-order valence-corrected chi connectivity index (χ4v) is 6.24. The van der Waals surface area contributed by atoms with Gasteiger partial charge in [-0.2, -0.15) is 0 Å². The number of amides is 1. The molecule has 176 valence electrons. The lowest BCUT2D eigenvalue weighted by Gasteiger charge is -2.14. The topological polar surface area (TPSA) is 91.0 Å². The molecule has 0 bridgehead atoms. The van der Waals surface area contributed by atoms with Crippen molar-refractivity contribution in [3.05, 3.63) is 56.0 Å². The van der Waals surface area contributed by atoms with Crippen molar-refractivity contribution < 1.29 is 13.9 Å². The highest BCUT2D eigenvalue weighted by molar-refractivity contribution is 7.99. The van der Waals surface area contributed by atoms with Gasteiger partial charge in [0.25, 0.3) is 5.56 Å². The van der Waals surface area contributed by atoms with Crippen LogP contribution in [0.2, 0.25) is 0 Å². The van der Waals surface area contributed by atoms with E-state index in [0.717, 1.165) is 24.6 Å². The van der Waals surface area contributed by atoms with Crippen molar-refractivity contribution in [3.8, 4) is 5.69 Å². The summed E-state index contributed by atoms with van der Waals surface area (Å²) in [7, 11) is 0. The number of nitrogens with zero attached hydrogens (tertiary/aromatic N) is 4. The average molecular weight is 536 g/mol. The van der Waals surface area contributed by atoms with Gasteiger partial charge in [-0.25, -0.2) is 14.4 Å². The van der Waals surface area contributed by atoms with Gasteiger partial charge in [0.2, 0.25) is 5.91 Å². The number of nitrogens with one attached hydrogen (secondary N) is 1. The third-order valence-corrected chi connectivity index (χ3v) is 8.22. The van der Waals surface area contributed by atoms with E-state index >= 15 is 0 Å². The van der Waals surface area contributed by atoms with Gasteiger partial charge in [0, 0.05) is 18.2 Å². The quantitative estimate of drug-likeness (QED) is 0.212. The first-order valence-corrected chi connectivity index (χ1v) is 13.4. The Balaban J connectivity index is 1.55. The minimum absolute atomic E-state index is 0.00925. The van der Waals surface area contributed by atoms with Crippen LogP contribution >= 0.6 is 46.7 Å². The van der Waals surface area contributed by atoms with Gasteiger partial charge in [-0.1, -0.05) is 23.1 Å². The molecule has 34 heavy (non-hydrogen) atoms. The maximum atomic E-state index is 13.6. The highest BCUT2D eigenvalue weighted by Crippen LogP contribution is 2.27. The number of ether oxygens (including phenoxy) is 1. The third-order valence-electron chi connectivity index (χ3n) is 5.16. The summed E-state index contributed by atoms with van der Waals surface area (Å²) in [6.45, 7) is 1.22. The maximum absolute atomic E-state index is 13.6. The smallest absolute Gasteiger partial charge is 0.278 e. The van der Waals surface area contributed by atoms with E-state index in [1.807, 2.05) is 4.57 Å². The molecule has 1 aliphatic heterocycles. The molecule has 13 heteroatoms. The van der Waals surface area contributed by atoms with E-state index in [1.54, 1.807) is 11.6 Å². The van der Waals surface area contributed by atoms with Gasteiger partial charge in [-0.3, -0.25) is 14.2 Å². The second kappa shape index (κ2) is 10.0. The fraction of sp³-hybridized carbons (Fsp3) is 0.286. The van der Waals surface area contributed by atoms with Crippen molar-refractivity contribution in [1.82, 2.24) is 19.1 Å². The van der Waals surface area contributed by atoms with Crippen molar-refractivity contribution in [1.29, 1.82) is 0 Å². The Morgan fingerprint density at radius 2 is 2.18 bits per heavy atom. The van der Waals surface area contributed by atoms with E-state index in [2.05, 4.69) is 10.3 Å².